The molecule has 134 valence electrons. The number of carbonyl (C=O) groups is 1. The lowest BCUT2D eigenvalue weighted by Gasteiger charge is -2.17. The molecule has 0 spiro atoms. The third kappa shape index (κ3) is 7.05. The summed E-state index contributed by atoms with van der Waals surface area (Å²) >= 11 is 6.19. The first-order valence-electron chi connectivity index (χ1n) is 7.52. The molecule has 2 aromatic rings. The molecule has 2 rings (SSSR count). The quantitative estimate of drug-likeness (QED) is 0.448. The van der Waals surface area contributed by atoms with E-state index < -0.39 is 0 Å². The van der Waals surface area contributed by atoms with Gasteiger partial charge in [0.25, 0.3) is 0 Å². The number of nitrogens with one attached hydrogen (secondary N) is 1. The van der Waals surface area contributed by atoms with E-state index in [1.54, 1.807) is 18.0 Å². The van der Waals surface area contributed by atoms with Crippen molar-refractivity contribution in [3.63, 3.8) is 0 Å². The number of hydrogen-bond acceptors (Lipinski definition) is 7. The van der Waals surface area contributed by atoms with Crippen molar-refractivity contribution in [3.05, 3.63) is 41.4 Å². The highest BCUT2D eigenvalue weighted by Crippen LogP contribution is 2.25. The van der Waals surface area contributed by atoms with E-state index in [2.05, 4.69) is 38.0 Å². The Bertz CT molecular complexity index is 694. The molecule has 1 heterocycles. The summed E-state index contributed by atoms with van der Waals surface area (Å²) < 4.78 is 7.39. The fraction of sp³-hybridized carbons (Fsp3) is 0.312. The second-order valence-corrected chi connectivity index (χ2v) is 8.06. The first kappa shape index (κ1) is 19.7. The second kappa shape index (κ2) is 10.4. The number of ether oxygens (including phenoxy) is 1. The number of aromatic nitrogens is 2. The molecule has 9 heteroatoms. The summed E-state index contributed by atoms with van der Waals surface area (Å²) in [5.74, 6) is 1.14. The van der Waals surface area contributed by atoms with Gasteiger partial charge in [-0.15, -0.1) is 16.8 Å². The van der Waals surface area contributed by atoms with Crippen molar-refractivity contribution in [3.8, 4) is 5.75 Å². The Labute approximate surface area is 163 Å². The Morgan fingerprint density at radius 1 is 1.44 bits per heavy atom. The van der Waals surface area contributed by atoms with Crippen molar-refractivity contribution in [1.82, 2.24) is 15.1 Å². The Balaban J connectivity index is 1.68. The Hall–Kier alpha value is -1.58. The zero-order valence-corrected chi connectivity index (χ0v) is 17.0. The molecule has 0 fully saturated rings. The van der Waals surface area contributed by atoms with Gasteiger partial charge >= 0.3 is 0 Å². The maximum atomic E-state index is 12.2. The summed E-state index contributed by atoms with van der Waals surface area (Å²) in [6.45, 7) is 5.25. The van der Waals surface area contributed by atoms with Crippen LogP contribution in [0.25, 0.3) is 0 Å². The summed E-state index contributed by atoms with van der Waals surface area (Å²) in [4.78, 5) is 13.8. The number of benzene rings is 1. The predicted octanol–water partition coefficient (Wildman–Crippen LogP) is 3.53. The molecule has 6 nitrogen and oxygen atoms in total. The van der Waals surface area contributed by atoms with Gasteiger partial charge in [-0.25, -0.2) is 0 Å². The minimum Gasteiger partial charge on any atom is -0.492 e. The van der Waals surface area contributed by atoms with Crippen LogP contribution in [-0.4, -0.2) is 53.5 Å². The SMILES string of the molecule is C=CCNc1nnc(SCC(=O)N(C)CCOc2ccc(Br)cc2)s1. The van der Waals surface area contributed by atoms with Crippen molar-refractivity contribution < 1.29 is 9.53 Å². The van der Waals surface area contributed by atoms with Gasteiger partial charge in [-0.05, 0) is 24.3 Å². The van der Waals surface area contributed by atoms with Crippen LogP contribution in [0.4, 0.5) is 5.13 Å². The molecule has 0 unspecified atom stereocenters. The van der Waals surface area contributed by atoms with Gasteiger partial charge in [0.1, 0.15) is 12.4 Å². The van der Waals surface area contributed by atoms with Crippen molar-refractivity contribution in [1.29, 1.82) is 0 Å². The molecule has 0 aliphatic carbocycles. The van der Waals surface area contributed by atoms with Crippen LogP contribution in [0.15, 0.2) is 45.7 Å². The summed E-state index contributed by atoms with van der Waals surface area (Å²) in [6, 6.07) is 7.60. The molecular formula is C16H19BrN4O2S2. The number of halogens is 1. The Morgan fingerprint density at radius 3 is 2.92 bits per heavy atom. The van der Waals surface area contributed by atoms with Gasteiger partial charge in [0, 0.05) is 18.1 Å². The van der Waals surface area contributed by atoms with Gasteiger partial charge in [0.15, 0.2) is 4.34 Å². The first-order chi connectivity index (χ1) is 12.1. The number of rotatable bonds is 10. The largest absolute Gasteiger partial charge is 0.492 e. The smallest absolute Gasteiger partial charge is 0.232 e. The Kier molecular flexibility index (Phi) is 8.23. The van der Waals surface area contributed by atoms with Crippen LogP contribution >= 0.6 is 39.0 Å². The standard InChI is InChI=1S/C16H19BrN4O2S2/c1-3-8-18-15-19-20-16(25-15)24-11-14(22)21(2)9-10-23-13-6-4-12(17)5-7-13/h3-7H,1,8-11H2,2H3,(H,18,19). The minimum atomic E-state index is 0.0280. The van der Waals surface area contributed by atoms with Crippen molar-refractivity contribution in [2.75, 3.05) is 37.8 Å². The molecule has 0 radical (unpaired) electrons. The maximum Gasteiger partial charge on any atom is 0.232 e. The highest BCUT2D eigenvalue weighted by atomic mass is 79.9. The summed E-state index contributed by atoms with van der Waals surface area (Å²) in [6.07, 6.45) is 1.75. The zero-order chi connectivity index (χ0) is 18.1. The number of carbonyl (C=O) groups excluding carboxylic acids is 1. The van der Waals surface area contributed by atoms with Crippen molar-refractivity contribution in [2.45, 2.75) is 4.34 Å². The summed E-state index contributed by atoms with van der Waals surface area (Å²) in [5.41, 5.74) is 0. The van der Waals surface area contributed by atoms with Crippen LogP contribution in [0.2, 0.25) is 0 Å². The predicted molar refractivity (Wildman–Crippen MR) is 107 cm³/mol. The zero-order valence-electron chi connectivity index (χ0n) is 13.8. The van der Waals surface area contributed by atoms with Crippen LogP contribution < -0.4 is 10.1 Å². The number of likely N-dealkylation sites (N-methyl/N-ethyl adjacent to an activating group) is 1. The van der Waals surface area contributed by atoms with E-state index >= 15 is 0 Å². The lowest BCUT2D eigenvalue weighted by Crippen LogP contribution is -2.32. The molecule has 1 amide bonds. The lowest BCUT2D eigenvalue weighted by molar-refractivity contribution is -0.127. The molecule has 0 saturated carbocycles. The maximum absolute atomic E-state index is 12.2. The second-order valence-electron chi connectivity index (χ2n) is 4.95. The minimum absolute atomic E-state index is 0.0280. The number of nitrogens with zero attached hydrogens (tertiary/aromatic N) is 3. The molecule has 0 atom stereocenters. The average Bonchev–Trinajstić information content (AvgIpc) is 3.07. The van der Waals surface area contributed by atoms with E-state index in [1.807, 2.05) is 24.3 Å². The Morgan fingerprint density at radius 2 is 2.20 bits per heavy atom. The van der Waals surface area contributed by atoms with Crippen molar-refractivity contribution in [2.24, 2.45) is 0 Å². The molecule has 1 aromatic heterocycles. The van der Waals surface area contributed by atoms with E-state index in [-0.39, 0.29) is 5.91 Å². The van der Waals surface area contributed by atoms with Gasteiger partial charge in [0.2, 0.25) is 11.0 Å². The lowest BCUT2D eigenvalue weighted by atomic mass is 10.3. The van der Waals surface area contributed by atoms with E-state index in [0.29, 0.717) is 25.4 Å². The van der Waals surface area contributed by atoms with Gasteiger partial charge in [0.05, 0.1) is 12.3 Å². The number of amides is 1. The van der Waals surface area contributed by atoms with Gasteiger partial charge < -0.3 is 15.0 Å². The fourth-order valence-electron chi connectivity index (χ4n) is 1.69. The monoisotopic (exact) mass is 442 g/mol. The highest BCUT2D eigenvalue weighted by molar-refractivity contribution is 9.10. The normalized spacial score (nSPS) is 10.3. The molecule has 1 aromatic carbocycles. The highest BCUT2D eigenvalue weighted by Gasteiger charge is 2.12. The van der Waals surface area contributed by atoms with Crippen LogP contribution in [0.3, 0.4) is 0 Å². The van der Waals surface area contributed by atoms with Crippen molar-refractivity contribution >= 4 is 50.1 Å². The molecule has 1 N–H and O–H groups in total. The molecular weight excluding hydrogens is 424 g/mol. The average molecular weight is 443 g/mol. The number of thioether (sulfide) groups is 1. The van der Waals surface area contributed by atoms with Crippen LogP contribution in [-0.2, 0) is 4.79 Å². The molecule has 25 heavy (non-hydrogen) atoms. The van der Waals surface area contributed by atoms with E-state index in [0.717, 1.165) is 19.7 Å². The number of anilines is 1. The topological polar surface area (TPSA) is 67.4 Å². The number of hydrogen-bond donors (Lipinski definition) is 1. The summed E-state index contributed by atoms with van der Waals surface area (Å²) in [5, 5.41) is 11.8. The first-order valence-corrected chi connectivity index (χ1v) is 10.1. The third-order valence-corrected chi connectivity index (χ3v) is 5.59. The molecule has 0 saturated heterocycles. The third-order valence-electron chi connectivity index (χ3n) is 3.06. The van der Waals surface area contributed by atoms with E-state index in [1.165, 1.54) is 23.1 Å². The van der Waals surface area contributed by atoms with Gasteiger partial charge in [-0.2, -0.15) is 0 Å². The van der Waals surface area contributed by atoms with Gasteiger partial charge in [-0.3, -0.25) is 4.79 Å². The summed E-state index contributed by atoms with van der Waals surface area (Å²) in [7, 11) is 1.77. The van der Waals surface area contributed by atoms with Gasteiger partial charge in [-0.1, -0.05) is 45.1 Å². The molecule has 0 aliphatic rings. The molecule has 0 aliphatic heterocycles. The van der Waals surface area contributed by atoms with Crippen LogP contribution in [0.5, 0.6) is 5.75 Å². The van der Waals surface area contributed by atoms with E-state index in [9.17, 15) is 4.79 Å². The van der Waals surface area contributed by atoms with E-state index in [4.69, 9.17) is 4.74 Å². The fourth-order valence-corrected chi connectivity index (χ4v) is 3.65. The molecule has 0 bridgehead atoms. The van der Waals surface area contributed by atoms with Crippen LogP contribution in [0, 0.1) is 0 Å². The van der Waals surface area contributed by atoms with Crippen LogP contribution in [0.1, 0.15) is 0 Å².